The molecule has 0 bridgehead atoms. The number of amides is 1. The van der Waals surface area contributed by atoms with Gasteiger partial charge in [-0.1, -0.05) is 29.8 Å². The minimum absolute atomic E-state index is 0.0854. The Labute approximate surface area is 117 Å². The van der Waals surface area contributed by atoms with E-state index in [9.17, 15) is 9.90 Å². The Morgan fingerprint density at radius 2 is 2.11 bits per heavy atom. The topological polar surface area (TPSA) is 49.3 Å². The number of aromatic hydroxyl groups is 1. The molecule has 1 amide bonds. The van der Waals surface area contributed by atoms with Crippen LogP contribution in [-0.4, -0.2) is 22.4 Å². The van der Waals surface area contributed by atoms with Crippen LogP contribution in [0.2, 0.25) is 0 Å². The third-order valence-corrected chi connectivity index (χ3v) is 3.46. The average Bonchev–Trinajstić information content (AvgIpc) is 2.31. The second-order valence-corrected chi connectivity index (χ2v) is 5.60. The first-order valence-corrected chi connectivity index (χ1v) is 7.24. The van der Waals surface area contributed by atoms with Crippen molar-refractivity contribution in [2.75, 3.05) is 5.33 Å². The van der Waals surface area contributed by atoms with Gasteiger partial charge in [0.1, 0.15) is 5.75 Å². The fourth-order valence-electron chi connectivity index (χ4n) is 1.74. The third-order valence-electron chi connectivity index (χ3n) is 3.00. The molecule has 0 saturated carbocycles. The van der Waals surface area contributed by atoms with Gasteiger partial charge >= 0.3 is 0 Å². The van der Waals surface area contributed by atoms with Crippen LogP contribution in [0.15, 0.2) is 18.2 Å². The van der Waals surface area contributed by atoms with Crippen molar-refractivity contribution in [2.24, 2.45) is 5.92 Å². The van der Waals surface area contributed by atoms with Crippen LogP contribution in [0, 0.1) is 12.8 Å². The van der Waals surface area contributed by atoms with Gasteiger partial charge < -0.3 is 10.4 Å². The van der Waals surface area contributed by atoms with E-state index in [1.165, 1.54) is 0 Å². The SMILES string of the molecule is Cc1cc(C(=O)NC(CCBr)C(C)C)ccc1O. The molecule has 0 aliphatic rings. The number of rotatable bonds is 5. The number of benzene rings is 1. The Hall–Kier alpha value is -1.03. The maximum absolute atomic E-state index is 12.1. The molecule has 0 saturated heterocycles. The summed E-state index contributed by atoms with van der Waals surface area (Å²) in [5.74, 6) is 0.523. The highest BCUT2D eigenvalue weighted by molar-refractivity contribution is 9.09. The van der Waals surface area contributed by atoms with Gasteiger partial charge in [0.05, 0.1) is 0 Å². The number of carbonyl (C=O) groups excluding carboxylic acids is 1. The molecule has 0 aromatic heterocycles. The zero-order valence-electron chi connectivity index (χ0n) is 11.0. The van der Waals surface area contributed by atoms with Crippen molar-refractivity contribution in [1.29, 1.82) is 0 Å². The number of phenolic OH excluding ortho intramolecular Hbond substituents is 1. The van der Waals surface area contributed by atoms with Crippen LogP contribution in [0.25, 0.3) is 0 Å². The summed E-state index contributed by atoms with van der Waals surface area (Å²) in [5.41, 5.74) is 1.30. The van der Waals surface area contributed by atoms with E-state index in [2.05, 4.69) is 35.1 Å². The van der Waals surface area contributed by atoms with Crippen LogP contribution < -0.4 is 5.32 Å². The number of alkyl halides is 1. The molecule has 0 aliphatic heterocycles. The summed E-state index contributed by atoms with van der Waals surface area (Å²) in [5, 5.41) is 13.3. The average molecular weight is 314 g/mol. The quantitative estimate of drug-likeness (QED) is 0.820. The third kappa shape index (κ3) is 4.02. The lowest BCUT2D eigenvalue weighted by atomic mass is 10.0. The molecule has 3 nitrogen and oxygen atoms in total. The molecule has 2 N–H and O–H groups in total. The van der Waals surface area contributed by atoms with Crippen molar-refractivity contribution in [3.8, 4) is 5.75 Å². The van der Waals surface area contributed by atoms with Crippen molar-refractivity contribution in [2.45, 2.75) is 33.2 Å². The van der Waals surface area contributed by atoms with Crippen LogP contribution in [-0.2, 0) is 0 Å². The molecule has 0 fully saturated rings. The maximum Gasteiger partial charge on any atom is 0.251 e. The molecular weight excluding hydrogens is 294 g/mol. The van der Waals surface area contributed by atoms with Gasteiger partial charge in [-0.15, -0.1) is 0 Å². The number of hydrogen-bond acceptors (Lipinski definition) is 2. The number of phenols is 1. The minimum Gasteiger partial charge on any atom is -0.508 e. The Morgan fingerprint density at radius 1 is 1.44 bits per heavy atom. The fourth-order valence-corrected chi connectivity index (χ4v) is 2.23. The van der Waals surface area contributed by atoms with E-state index in [0.29, 0.717) is 17.0 Å². The van der Waals surface area contributed by atoms with Gasteiger partial charge in [-0.05, 0) is 43.0 Å². The lowest BCUT2D eigenvalue weighted by molar-refractivity contribution is 0.0925. The predicted octanol–water partition coefficient (Wildman–Crippen LogP) is 3.24. The van der Waals surface area contributed by atoms with E-state index >= 15 is 0 Å². The number of hydrogen-bond donors (Lipinski definition) is 2. The van der Waals surface area contributed by atoms with E-state index in [1.54, 1.807) is 25.1 Å². The van der Waals surface area contributed by atoms with Crippen LogP contribution in [0.1, 0.15) is 36.2 Å². The van der Waals surface area contributed by atoms with Crippen molar-refractivity contribution < 1.29 is 9.90 Å². The molecule has 1 aromatic carbocycles. The summed E-state index contributed by atoms with van der Waals surface area (Å²) in [6.45, 7) is 5.97. The number of carbonyl (C=O) groups is 1. The summed E-state index contributed by atoms with van der Waals surface area (Å²) in [4.78, 5) is 12.1. The van der Waals surface area contributed by atoms with Gasteiger partial charge in [-0.3, -0.25) is 4.79 Å². The molecular formula is C14H20BrNO2. The first-order valence-electron chi connectivity index (χ1n) is 6.12. The van der Waals surface area contributed by atoms with Crippen molar-refractivity contribution in [1.82, 2.24) is 5.32 Å². The van der Waals surface area contributed by atoms with Crippen molar-refractivity contribution >= 4 is 21.8 Å². The van der Waals surface area contributed by atoms with Gasteiger partial charge in [0.25, 0.3) is 5.91 Å². The number of nitrogens with one attached hydrogen (secondary N) is 1. The van der Waals surface area contributed by atoms with E-state index < -0.39 is 0 Å². The van der Waals surface area contributed by atoms with Crippen LogP contribution >= 0.6 is 15.9 Å². The molecule has 0 spiro atoms. The van der Waals surface area contributed by atoms with E-state index in [1.807, 2.05) is 0 Å². The first kappa shape index (κ1) is 15.0. The lowest BCUT2D eigenvalue weighted by Gasteiger charge is -2.21. The standard InChI is InChI=1S/C14H20BrNO2/c1-9(2)12(6-7-15)16-14(18)11-4-5-13(17)10(3)8-11/h4-5,8-9,12,17H,6-7H2,1-3H3,(H,16,18). The summed E-state index contributed by atoms with van der Waals surface area (Å²) in [6, 6.07) is 5.06. The van der Waals surface area contributed by atoms with Gasteiger partial charge in [-0.25, -0.2) is 0 Å². The Kier molecular flexibility index (Phi) is 5.66. The minimum atomic E-state index is -0.0854. The largest absolute Gasteiger partial charge is 0.508 e. The molecule has 1 aromatic rings. The molecule has 0 aliphatic carbocycles. The zero-order valence-corrected chi connectivity index (χ0v) is 12.6. The highest BCUT2D eigenvalue weighted by Crippen LogP contribution is 2.17. The Morgan fingerprint density at radius 3 is 2.61 bits per heavy atom. The number of halogens is 1. The van der Waals surface area contributed by atoms with Crippen LogP contribution in [0.5, 0.6) is 5.75 Å². The maximum atomic E-state index is 12.1. The summed E-state index contributed by atoms with van der Waals surface area (Å²) in [7, 11) is 0. The number of aryl methyl sites for hydroxylation is 1. The summed E-state index contributed by atoms with van der Waals surface area (Å²) >= 11 is 3.40. The Balaban J connectivity index is 2.77. The zero-order chi connectivity index (χ0) is 13.7. The molecule has 0 heterocycles. The fraction of sp³-hybridized carbons (Fsp3) is 0.500. The van der Waals surface area contributed by atoms with Crippen LogP contribution in [0.3, 0.4) is 0 Å². The molecule has 100 valence electrons. The first-order chi connectivity index (χ1) is 8.45. The molecule has 4 heteroatoms. The highest BCUT2D eigenvalue weighted by Gasteiger charge is 2.16. The lowest BCUT2D eigenvalue weighted by Crippen LogP contribution is -2.38. The molecule has 1 unspecified atom stereocenters. The van der Waals surface area contributed by atoms with E-state index in [4.69, 9.17) is 0 Å². The molecule has 18 heavy (non-hydrogen) atoms. The summed E-state index contributed by atoms with van der Waals surface area (Å²) in [6.07, 6.45) is 0.903. The van der Waals surface area contributed by atoms with Gasteiger partial charge in [-0.2, -0.15) is 0 Å². The summed E-state index contributed by atoms with van der Waals surface area (Å²) < 4.78 is 0. The van der Waals surface area contributed by atoms with E-state index in [-0.39, 0.29) is 17.7 Å². The van der Waals surface area contributed by atoms with Gasteiger partial charge in [0.2, 0.25) is 0 Å². The molecule has 1 atom stereocenters. The second kappa shape index (κ2) is 6.78. The van der Waals surface area contributed by atoms with Gasteiger partial charge in [0, 0.05) is 16.9 Å². The second-order valence-electron chi connectivity index (χ2n) is 4.80. The van der Waals surface area contributed by atoms with Crippen LogP contribution in [0.4, 0.5) is 0 Å². The van der Waals surface area contributed by atoms with Crippen molar-refractivity contribution in [3.63, 3.8) is 0 Å². The Bertz CT molecular complexity index is 418. The van der Waals surface area contributed by atoms with E-state index in [0.717, 1.165) is 11.8 Å². The highest BCUT2D eigenvalue weighted by atomic mass is 79.9. The van der Waals surface area contributed by atoms with Gasteiger partial charge in [0.15, 0.2) is 0 Å². The monoisotopic (exact) mass is 313 g/mol. The normalized spacial score (nSPS) is 12.5. The smallest absolute Gasteiger partial charge is 0.251 e. The predicted molar refractivity (Wildman–Crippen MR) is 77.3 cm³/mol. The van der Waals surface area contributed by atoms with Crippen molar-refractivity contribution in [3.05, 3.63) is 29.3 Å². The molecule has 0 radical (unpaired) electrons. The molecule has 1 rings (SSSR count).